The van der Waals surface area contributed by atoms with Crippen molar-refractivity contribution >= 4 is 24.5 Å². The third-order valence-electron chi connectivity index (χ3n) is 3.53. The Balaban J connectivity index is 0.00000400. The molecule has 1 heterocycles. The van der Waals surface area contributed by atoms with Crippen molar-refractivity contribution in [2.75, 3.05) is 13.1 Å². The standard InChI is InChI=1S/C14H26N2O4.ClH/c1-10(2)16-8-6-14(7-9-16,11(17)18)15-12(19)20-13(3,4)5;/h10H,6-9H2,1-5H3,(H,15,19)(H,17,18);1H. The number of carboxylic acid groups (broad SMARTS) is 1. The summed E-state index contributed by atoms with van der Waals surface area (Å²) in [6.07, 6.45) is 0.109. The molecule has 2 N–H and O–H groups in total. The molecule has 0 unspecified atom stereocenters. The van der Waals surface area contributed by atoms with Crippen LogP contribution in [0.2, 0.25) is 0 Å². The Kier molecular flexibility index (Phi) is 6.96. The van der Waals surface area contributed by atoms with Gasteiger partial charge in [-0.05, 0) is 47.5 Å². The van der Waals surface area contributed by atoms with Crippen molar-refractivity contribution in [3.63, 3.8) is 0 Å². The van der Waals surface area contributed by atoms with Crippen LogP contribution >= 0.6 is 12.4 Å². The highest BCUT2D eigenvalue weighted by Crippen LogP contribution is 2.24. The Hall–Kier alpha value is -1.01. The summed E-state index contributed by atoms with van der Waals surface area (Å²) in [6, 6.07) is 0.378. The minimum Gasteiger partial charge on any atom is -0.480 e. The second-order valence-corrected chi connectivity index (χ2v) is 6.64. The van der Waals surface area contributed by atoms with E-state index in [4.69, 9.17) is 4.74 Å². The highest BCUT2D eigenvalue weighted by atomic mass is 35.5. The van der Waals surface area contributed by atoms with Crippen LogP contribution in [0.15, 0.2) is 0 Å². The summed E-state index contributed by atoms with van der Waals surface area (Å²) in [7, 11) is 0. The lowest BCUT2D eigenvalue weighted by molar-refractivity contribution is -0.147. The molecule has 1 aliphatic rings. The third kappa shape index (κ3) is 5.71. The molecule has 1 amide bonds. The first-order chi connectivity index (χ1) is 9.06. The van der Waals surface area contributed by atoms with Crippen LogP contribution < -0.4 is 5.32 Å². The molecule has 0 aromatic rings. The molecular weight excluding hydrogens is 296 g/mol. The van der Waals surface area contributed by atoms with Crippen LogP contribution in [0.25, 0.3) is 0 Å². The Labute approximate surface area is 132 Å². The Bertz CT molecular complexity index is 372. The number of hydrogen-bond acceptors (Lipinski definition) is 4. The molecule has 0 atom stereocenters. The van der Waals surface area contributed by atoms with Crippen LogP contribution in [-0.4, -0.2) is 52.3 Å². The van der Waals surface area contributed by atoms with Gasteiger partial charge in [-0.2, -0.15) is 0 Å². The number of carbonyl (C=O) groups is 2. The number of nitrogens with one attached hydrogen (secondary N) is 1. The van der Waals surface area contributed by atoms with E-state index in [1.807, 2.05) is 0 Å². The zero-order chi connectivity index (χ0) is 15.6. The van der Waals surface area contributed by atoms with Crippen LogP contribution in [0.1, 0.15) is 47.5 Å². The summed E-state index contributed by atoms with van der Waals surface area (Å²) in [4.78, 5) is 25.6. The SMILES string of the molecule is CC(C)N1CCC(NC(=O)OC(C)(C)C)(C(=O)O)CC1.Cl. The van der Waals surface area contributed by atoms with Gasteiger partial charge in [0.25, 0.3) is 0 Å². The smallest absolute Gasteiger partial charge is 0.408 e. The number of likely N-dealkylation sites (tertiary alicyclic amines) is 1. The van der Waals surface area contributed by atoms with Gasteiger partial charge in [0, 0.05) is 19.1 Å². The predicted molar refractivity (Wildman–Crippen MR) is 82.9 cm³/mol. The molecule has 0 bridgehead atoms. The molecule has 7 heteroatoms. The van der Waals surface area contributed by atoms with E-state index < -0.39 is 23.2 Å². The zero-order valence-electron chi connectivity index (χ0n) is 13.4. The van der Waals surface area contributed by atoms with Gasteiger partial charge in [-0.15, -0.1) is 12.4 Å². The summed E-state index contributed by atoms with van der Waals surface area (Å²) < 4.78 is 5.16. The minimum atomic E-state index is -1.21. The first kappa shape index (κ1) is 20.0. The number of nitrogens with zero attached hydrogens (tertiary/aromatic N) is 1. The molecule has 0 aromatic carbocycles. The van der Waals surface area contributed by atoms with Crippen LogP contribution in [0.4, 0.5) is 4.79 Å². The minimum absolute atomic E-state index is 0. The van der Waals surface area contributed by atoms with Crippen molar-refractivity contribution in [1.29, 1.82) is 0 Å². The third-order valence-corrected chi connectivity index (χ3v) is 3.53. The van der Waals surface area contributed by atoms with E-state index in [9.17, 15) is 14.7 Å². The maximum Gasteiger partial charge on any atom is 0.408 e. The number of ether oxygens (including phenoxy) is 1. The second kappa shape index (κ2) is 7.31. The van der Waals surface area contributed by atoms with Gasteiger partial charge in [-0.3, -0.25) is 0 Å². The van der Waals surface area contributed by atoms with Crippen LogP contribution in [-0.2, 0) is 9.53 Å². The first-order valence-electron chi connectivity index (χ1n) is 7.04. The molecule has 1 fully saturated rings. The number of aliphatic carboxylic acids is 1. The van der Waals surface area contributed by atoms with Gasteiger partial charge in [0.1, 0.15) is 11.1 Å². The van der Waals surface area contributed by atoms with E-state index in [1.54, 1.807) is 20.8 Å². The van der Waals surface area contributed by atoms with E-state index in [0.29, 0.717) is 32.0 Å². The molecule has 0 saturated carbocycles. The van der Waals surface area contributed by atoms with Crippen LogP contribution in [0, 0.1) is 0 Å². The fraction of sp³-hybridized carbons (Fsp3) is 0.857. The van der Waals surface area contributed by atoms with E-state index in [-0.39, 0.29) is 12.4 Å². The van der Waals surface area contributed by atoms with Gasteiger partial charge in [-0.1, -0.05) is 0 Å². The summed E-state index contributed by atoms with van der Waals surface area (Å²) in [5.41, 5.74) is -1.85. The first-order valence-corrected chi connectivity index (χ1v) is 7.04. The molecule has 124 valence electrons. The Morgan fingerprint density at radius 1 is 1.24 bits per heavy atom. The monoisotopic (exact) mass is 322 g/mol. The maximum absolute atomic E-state index is 11.8. The average Bonchev–Trinajstić information content (AvgIpc) is 2.26. The molecular formula is C14H27ClN2O4. The van der Waals surface area contributed by atoms with Crippen molar-refractivity contribution in [3.8, 4) is 0 Å². The molecule has 1 rings (SSSR count). The zero-order valence-corrected chi connectivity index (χ0v) is 14.2. The molecule has 21 heavy (non-hydrogen) atoms. The van der Waals surface area contributed by atoms with Crippen molar-refractivity contribution in [3.05, 3.63) is 0 Å². The number of hydrogen-bond donors (Lipinski definition) is 2. The van der Waals surface area contributed by atoms with Gasteiger partial charge >= 0.3 is 12.1 Å². The summed E-state index contributed by atoms with van der Waals surface area (Å²) >= 11 is 0. The molecule has 1 saturated heterocycles. The van der Waals surface area contributed by atoms with Crippen molar-refractivity contribution < 1.29 is 19.4 Å². The van der Waals surface area contributed by atoms with Crippen molar-refractivity contribution in [2.24, 2.45) is 0 Å². The maximum atomic E-state index is 11.8. The molecule has 0 aromatic heterocycles. The molecule has 0 aliphatic carbocycles. The lowest BCUT2D eigenvalue weighted by Crippen LogP contribution is -2.61. The Morgan fingerprint density at radius 3 is 2.05 bits per heavy atom. The predicted octanol–water partition coefficient (Wildman–Crippen LogP) is 2.26. The number of amides is 1. The van der Waals surface area contributed by atoms with Crippen LogP contribution in [0.5, 0.6) is 0 Å². The summed E-state index contributed by atoms with van der Waals surface area (Å²) in [5.74, 6) is -0.994. The fourth-order valence-electron chi connectivity index (χ4n) is 2.31. The normalized spacial score (nSPS) is 18.8. The largest absolute Gasteiger partial charge is 0.480 e. The van der Waals surface area contributed by atoms with E-state index in [1.165, 1.54) is 0 Å². The summed E-state index contributed by atoms with van der Waals surface area (Å²) in [5, 5.41) is 12.0. The van der Waals surface area contributed by atoms with Crippen molar-refractivity contribution in [1.82, 2.24) is 10.2 Å². The van der Waals surface area contributed by atoms with Gasteiger partial charge < -0.3 is 20.1 Å². The van der Waals surface area contributed by atoms with Gasteiger partial charge in [0.15, 0.2) is 0 Å². The molecule has 1 aliphatic heterocycles. The lowest BCUT2D eigenvalue weighted by Gasteiger charge is -2.40. The van der Waals surface area contributed by atoms with E-state index >= 15 is 0 Å². The van der Waals surface area contributed by atoms with E-state index in [0.717, 1.165) is 0 Å². The summed E-state index contributed by atoms with van der Waals surface area (Å²) in [6.45, 7) is 10.7. The quantitative estimate of drug-likeness (QED) is 0.833. The topological polar surface area (TPSA) is 78.9 Å². The molecule has 6 nitrogen and oxygen atoms in total. The van der Waals surface area contributed by atoms with Gasteiger partial charge in [0.05, 0.1) is 0 Å². The number of halogens is 1. The average molecular weight is 323 g/mol. The van der Waals surface area contributed by atoms with Crippen LogP contribution in [0.3, 0.4) is 0 Å². The molecule has 0 radical (unpaired) electrons. The highest BCUT2D eigenvalue weighted by molar-refractivity contribution is 5.85. The van der Waals surface area contributed by atoms with Crippen molar-refractivity contribution in [2.45, 2.75) is 64.6 Å². The van der Waals surface area contributed by atoms with Gasteiger partial charge in [-0.25, -0.2) is 9.59 Å². The Morgan fingerprint density at radius 2 is 1.71 bits per heavy atom. The number of piperidine rings is 1. The number of alkyl carbamates (subject to hydrolysis) is 1. The second-order valence-electron chi connectivity index (χ2n) is 6.64. The number of carbonyl (C=O) groups excluding carboxylic acids is 1. The lowest BCUT2D eigenvalue weighted by atomic mass is 9.87. The number of rotatable bonds is 3. The van der Waals surface area contributed by atoms with Gasteiger partial charge in [0.2, 0.25) is 0 Å². The highest BCUT2D eigenvalue weighted by Gasteiger charge is 2.44. The number of carboxylic acids is 1. The fourth-order valence-corrected chi connectivity index (χ4v) is 2.31. The molecule has 0 spiro atoms. The van der Waals surface area contributed by atoms with E-state index in [2.05, 4.69) is 24.1 Å².